The maximum Gasteiger partial charge on any atom is 0.262 e. The van der Waals surface area contributed by atoms with Crippen molar-refractivity contribution in [1.29, 1.82) is 0 Å². The maximum absolute atomic E-state index is 13.0. The monoisotopic (exact) mass is 393 g/mol. The summed E-state index contributed by atoms with van der Waals surface area (Å²) < 4.78 is 2.16. The van der Waals surface area contributed by atoms with E-state index in [1.807, 2.05) is 31.2 Å². The Morgan fingerprint density at radius 1 is 1.14 bits per heavy atom. The van der Waals surface area contributed by atoms with E-state index in [-0.39, 0.29) is 17.5 Å². The van der Waals surface area contributed by atoms with Crippen LogP contribution in [0.1, 0.15) is 54.1 Å². The molecule has 1 fully saturated rings. The minimum absolute atomic E-state index is 0.0729. The molecule has 28 heavy (non-hydrogen) atoms. The Labute approximate surface area is 168 Å². The minimum atomic E-state index is -0.219. The quantitative estimate of drug-likeness (QED) is 0.607. The summed E-state index contributed by atoms with van der Waals surface area (Å²) in [5, 5.41) is 3.46. The van der Waals surface area contributed by atoms with Gasteiger partial charge in [0.1, 0.15) is 0 Å². The molecule has 0 atom stereocenters. The van der Waals surface area contributed by atoms with Gasteiger partial charge >= 0.3 is 0 Å². The molecule has 0 unspecified atom stereocenters. The molecule has 1 saturated carbocycles. The predicted octanol–water partition coefficient (Wildman–Crippen LogP) is 5.13. The number of benzene rings is 2. The van der Waals surface area contributed by atoms with Crippen molar-refractivity contribution in [2.45, 2.75) is 45.1 Å². The van der Waals surface area contributed by atoms with Gasteiger partial charge in [-0.25, -0.2) is 0 Å². The topological polar surface area (TPSA) is 66.9 Å². The van der Waals surface area contributed by atoms with Crippen LogP contribution in [-0.2, 0) is 0 Å². The van der Waals surface area contributed by atoms with Gasteiger partial charge < -0.3 is 10.3 Å². The number of anilines is 1. The van der Waals surface area contributed by atoms with E-state index in [9.17, 15) is 9.59 Å². The van der Waals surface area contributed by atoms with E-state index in [0.29, 0.717) is 21.2 Å². The van der Waals surface area contributed by atoms with Gasteiger partial charge in [-0.2, -0.15) is 0 Å². The van der Waals surface area contributed by atoms with Crippen molar-refractivity contribution in [3.05, 3.63) is 68.7 Å². The molecule has 1 aromatic heterocycles. The van der Waals surface area contributed by atoms with Crippen molar-refractivity contribution < 1.29 is 4.79 Å². The van der Waals surface area contributed by atoms with Crippen LogP contribution in [0.5, 0.6) is 0 Å². The molecular formula is C22H23N3O2S. The number of amides is 1. The molecule has 5 nitrogen and oxygen atoms in total. The number of hydrogen-bond acceptors (Lipinski definition) is 3. The molecule has 1 aliphatic carbocycles. The number of carbonyl (C=O) groups excluding carboxylic acids is 1. The Bertz CT molecular complexity index is 1160. The summed E-state index contributed by atoms with van der Waals surface area (Å²) in [6, 6.07) is 12.9. The molecule has 3 aromatic rings. The number of rotatable bonds is 3. The number of aromatic nitrogens is 2. The van der Waals surface area contributed by atoms with E-state index in [1.165, 1.54) is 6.42 Å². The first-order chi connectivity index (χ1) is 13.5. The third-order valence-corrected chi connectivity index (χ3v) is 5.71. The second-order valence-electron chi connectivity index (χ2n) is 7.48. The van der Waals surface area contributed by atoms with Crippen molar-refractivity contribution in [1.82, 2.24) is 9.55 Å². The van der Waals surface area contributed by atoms with Crippen LogP contribution in [0.25, 0.3) is 10.9 Å². The molecule has 1 heterocycles. The fourth-order valence-electron chi connectivity index (χ4n) is 3.97. The van der Waals surface area contributed by atoms with Gasteiger partial charge in [-0.15, -0.1) is 0 Å². The zero-order valence-electron chi connectivity index (χ0n) is 15.8. The van der Waals surface area contributed by atoms with E-state index in [4.69, 9.17) is 12.2 Å². The van der Waals surface area contributed by atoms with Crippen LogP contribution >= 0.6 is 12.2 Å². The highest BCUT2D eigenvalue weighted by Gasteiger charge is 2.19. The number of carbonyl (C=O) groups is 1. The number of nitrogens with one attached hydrogen (secondary N) is 2. The highest BCUT2D eigenvalue weighted by Crippen LogP contribution is 2.27. The van der Waals surface area contributed by atoms with Crippen molar-refractivity contribution in [3.63, 3.8) is 0 Å². The lowest BCUT2D eigenvalue weighted by Crippen LogP contribution is -2.28. The first-order valence-electron chi connectivity index (χ1n) is 9.69. The average molecular weight is 394 g/mol. The third-order valence-electron chi connectivity index (χ3n) is 5.41. The van der Waals surface area contributed by atoms with E-state index >= 15 is 0 Å². The smallest absolute Gasteiger partial charge is 0.262 e. The molecule has 1 amide bonds. The van der Waals surface area contributed by atoms with E-state index in [0.717, 1.165) is 36.9 Å². The van der Waals surface area contributed by atoms with Crippen LogP contribution in [0.2, 0.25) is 0 Å². The zero-order valence-corrected chi connectivity index (χ0v) is 16.6. The molecule has 0 saturated heterocycles. The molecule has 2 N–H and O–H groups in total. The summed E-state index contributed by atoms with van der Waals surface area (Å²) >= 11 is 5.48. The average Bonchev–Trinajstić information content (AvgIpc) is 2.68. The van der Waals surface area contributed by atoms with Gasteiger partial charge in [0, 0.05) is 17.3 Å². The van der Waals surface area contributed by atoms with Crippen LogP contribution < -0.4 is 10.9 Å². The molecule has 4 rings (SSSR count). The molecule has 0 spiro atoms. The molecule has 144 valence electrons. The van der Waals surface area contributed by atoms with Gasteiger partial charge in [0.25, 0.3) is 11.5 Å². The maximum atomic E-state index is 13.0. The summed E-state index contributed by atoms with van der Waals surface area (Å²) in [5.74, 6) is -0.219. The second-order valence-corrected chi connectivity index (χ2v) is 7.87. The second kappa shape index (κ2) is 7.72. The SMILES string of the molecule is Cc1cccc(NC(=O)c2ccc3c(=O)n(C4CCCCC4)c(=S)[nH]c3c2)c1. The molecule has 2 aromatic carbocycles. The van der Waals surface area contributed by atoms with Crippen LogP contribution in [0.4, 0.5) is 5.69 Å². The Kier molecular flexibility index (Phi) is 5.13. The lowest BCUT2D eigenvalue weighted by molar-refractivity contribution is 0.102. The Balaban J connectivity index is 1.68. The van der Waals surface area contributed by atoms with Crippen LogP contribution in [0.15, 0.2) is 47.3 Å². The Morgan fingerprint density at radius 3 is 2.68 bits per heavy atom. The van der Waals surface area contributed by atoms with Gasteiger partial charge in [0.2, 0.25) is 0 Å². The Morgan fingerprint density at radius 2 is 1.93 bits per heavy atom. The van der Waals surface area contributed by atoms with E-state index < -0.39 is 0 Å². The van der Waals surface area contributed by atoms with Gasteiger partial charge in [0.15, 0.2) is 4.77 Å². The van der Waals surface area contributed by atoms with Gasteiger partial charge in [-0.1, -0.05) is 31.4 Å². The zero-order chi connectivity index (χ0) is 19.7. The number of H-pyrrole nitrogens is 1. The summed E-state index contributed by atoms with van der Waals surface area (Å²) in [6.45, 7) is 1.98. The van der Waals surface area contributed by atoms with Crippen LogP contribution in [-0.4, -0.2) is 15.5 Å². The highest BCUT2D eigenvalue weighted by molar-refractivity contribution is 7.71. The number of fused-ring (bicyclic) bond motifs is 1. The van der Waals surface area contributed by atoms with E-state index in [1.54, 1.807) is 22.8 Å². The first-order valence-corrected chi connectivity index (χ1v) is 10.1. The number of aromatic amines is 1. The highest BCUT2D eigenvalue weighted by atomic mass is 32.1. The van der Waals surface area contributed by atoms with E-state index in [2.05, 4.69) is 10.3 Å². The fraction of sp³-hybridized carbons (Fsp3) is 0.318. The molecule has 0 bridgehead atoms. The first kappa shape index (κ1) is 18.6. The summed E-state index contributed by atoms with van der Waals surface area (Å²) in [7, 11) is 0. The van der Waals surface area contributed by atoms with Gasteiger partial charge in [-0.05, 0) is 67.9 Å². The summed E-state index contributed by atoms with van der Waals surface area (Å²) in [5.41, 5.74) is 2.82. The van der Waals surface area contributed by atoms with Crippen molar-refractivity contribution in [2.75, 3.05) is 5.32 Å². The normalized spacial score (nSPS) is 14.9. The molecule has 0 aliphatic heterocycles. The predicted molar refractivity (Wildman–Crippen MR) is 115 cm³/mol. The van der Waals surface area contributed by atoms with Crippen LogP contribution in [0.3, 0.4) is 0 Å². The minimum Gasteiger partial charge on any atom is -0.332 e. The molecular weight excluding hydrogens is 370 g/mol. The molecule has 0 radical (unpaired) electrons. The molecule has 6 heteroatoms. The van der Waals surface area contributed by atoms with Gasteiger partial charge in [0.05, 0.1) is 10.9 Å². The lowest BCUT2D eigenvalue weighted by Gasteiger charge is -2.24. The summed E-state index contributed by atoms with van der Waals surface area (Å²) in [4.78, 5) is 28.8. The standard InChI is InChI=1S/C22H23N3O2S/c1-14-6-5-7-16(12-14)23-20(26)15-10-11-18-19(13-15)24-22(28)25(21(18)27)17-8-3-2-4-9-17/h5-7,10-13,17H,2-4,8-9H2,1H3,(H,23,26)(H,24,28). The lowest BCUT2D eigenvalue weighted by atomic mass is 9.95. The largest absolute Gasteiger partial charge is 0.332 e. The molecule has 1 aliphatic rings. The fourth-order valence-corrected chi connectivity index (χ4v) is 4.31. The number of aryl methyl sites for hydroxylation is 1. The third kappa shape index (κ3) is 3.64. The van der Waals surface area contributed by atoms with Crippen molar-refractivity contribution in [3.8, 4) is 0 Å². The van der Waals surface area contributed by atoms with Crippen LogP contribution in [0, 0.1) is 11.7 Å². The van der Waals surface area contributed by atoms with Crippen molar-refractivity contribution in [2.24, 2.45) is 0 Å². The Hall–Kier alpha value is -2.73. The van der Waals surface area contributed by atoms with Crippen molar-refractivity contribution >= 4 is 34.7 Å². The number of nitrogens with zero attached hydrogens (tertiary/aromatic N) is 1. The van der Waals surface area contributed by atoms with Gasteiger partial charge in [-0.3, -0.25) is 14.2 Å². The summed E-state index contributed by atoms with van der Waals surface area (Å²) in [6.07, 6.45) is 5.44. The number of hydrogen-bond donors (Lipinski definition) is 2.